The smallest absolute Gasteiger partial charge is 0.201 e. The fourth-order valence-electron chi connectivity index (χ4n) is 1.18. The number of hydrogen-bond donors (Lipinski definition) is 1. The fourth-order valence-corrected chi connectivity index (χ4v) is 1.18. The molecular weight excluding hydrogens is 183 g/mol. The van der Waals surface area contributed by atoms with Crippen molar-refractivity contribution in [2.24, 2.45) is 0 Å². The van der Waals surface area contributed by atoms with Gasteiger partial charge in [-0.3, -0.25) is 4.79 Å². The average Bonchev–Trinajstić information content (AvgIpc) is 2.17. The van der Waals surface area contributed by atoms with E-state index < -0.39 is 6.10 Å². The maximum absolute atomic E-state index is 12.5. The molecule has 0 aliphatic rings. The van der Waals surface area contributed by atoms with Gasteiger partial charge in [-0.15, -0.1) is 0 Å². The second-order valence-corrected chi connectivity index (χ2v) is 3.17. The Kier molecular flexibility index (Phi) is 4.26. The van der Waals surface area contributed by atoms with Crippen molar-refractivity contribution in [3.8, 4) is 0 Å². The van der Waals surface area contributed by atoms with Crippen LogP contribution < -0.4 is 0 Å². The van der Waals surface area contributed by atoms with Crippen molar-refractivity contribution in [3.05, 3.63) is 35.6 Å². The Bertz CT molecular complexity index is 282. The van der Waals surface area contributed by atoms with Gasteiger partial charge in [-0.1, -0.05) is 12.1 Å². The summed E-state index contributed by atoms with van der Waals surface area (Å²) in [6.45, 7) is 0. The van der Waals surface area contributed by atoms with E-state index in [0.717, 1.165) is 5.56 Å². The van der Waals surface area contributed by atoms with Crippen molar-refractivity contribution in [1.82, 2.24) is 0 Å². The van der Waals surface area contributed by atoms with Crippen LogP contribution in [0.15, 0.2) is 24.3 Å². The van der Waals surface area contributed by atoms with E-state index in [2.05, 4.69) is 0 Å². The van der Waals surface area contributed by atoms with E-state index in [-0.39, 0.29) is 12.2 Å². The Morgan fingerprint density at radius 3 is 2.57 bits per heavy atom. The molecule has 0 aliphatic carbocycles. The summed E-state index contributed by atoms with van der Waals surface area (Å²) in [4.78, 5) is 9.94. The number of carbonyl (C=O) groups excluding carboxylic acids is 1. The second-order valence-electron chi connectivity index (χ2n) is 3.17. The molecule has 1 rings (SSSR count). The lowest BCUT2D eigenvalue weighted by Crippen LogP contribution is -2.08. The van der Waals surface area contributed by atoms with Gasteiger partial charge >= 0.3 is 0 Å². The Morgan fingerprint density at radius 1 is 1.36 bits per heavy atom. The van der Waals surface area contributed by atoms with Gasteiger partial charge in [-0.05, 0) is 30.5 Å². The van der Waals surface area contributed by atoms with E-state index in [1.54, 1.807) is 18.4 Å². The molecule has 1 aromatic carbocycles. The molecule has 1 atom stereocenters. The molecule has 75 valence electrons. The zero-order valence-electron chi connectivity index (χ0n) is 7.74. The molecule has 2 nitrogen and oxygen atoms in total. The number of rotatable bonds is 5. The molecule has 3 heteroatoms. The summed E-state index contributed by atoms with van der Waals surface area (Å²) in [5, 5.41) is 9.23. The monoisotopic (exact) mass is 195 g/mol. The molecule has 0 aliphatic heterocycles. The van der Waals surface area contributed by atoms with Crippen LogP contribution in [0.4, 0.5) is 4.39 Å². The molecule has 0 saturated heterocycles. The van der Waals surface area contributed by atoms with Crippen LogP contribution >= 0.6 is 0 Å². The minimum absolute atomic E-state index is 0.0429. The quantitative estimate of drug-likeness (QED) is 0.775. The van der Waals surface area contributed by atoms with Gasteiger partial charge < -0.3 is 5.11 Å². The Hall–Kier alpha value is -1.22. The number of aryl methyl sites for hydroxylation is 1. The zero-order chi connectivity index (χ0) is 10.4. The van der Waals surface area contributed by atoms with Crippen LogP contribution in [0, 0.1) is 5.82 Å². The van der Waals surface area contributed by atoms with Crippen molar-refractivity contribution in [2.45, 2.75) is 25.4 Å². The number of aliphatic hydroxyl groups is 1. The fraction of sp³-hybridized carbons (Fsp3) is 0.364. The zero-order valence-corrected chi connectivity index (χ0v) is 7.74. The second kappa shape index (κ2) is 5.50. The van der Waals surface area contributed by atoms with Crippen LogP contribution in [-0.2, 0) is 11.2 Å². The maximum atomic E-state index is 12.5. The predicted octanol–water partition coefficient (Wildman–Crippen LogP) is 1.62. The minimum atomic E-state index is -0.641. The van der Waals surface area contributed by atoms with Crippen molar-refractivity contribution >= 4 is 6.29 Å². The maximum Gasteiger partial charge on any atom is 0.201 e. The molecule has 0 fully saturated rings. The van der Waals surface area contributed by atoms with Crippen molar-refractivity contribution in [3.63, 3.8) is 0 Å². The lowest BCUT2D eigenvalue weighted by atomic mass is 10.1. The summed E-state index contributed by atoms with van der Waals surface area (Å²) in [6, 6.07) is 6.11. The van der Waals surface area contributed by atoms with Crippen LogP contribution in [0.3, 0.4) is 0 Å². The van der Waals surface area contributed by atoms with Gasteiger partial charge in [0.25, 0.3) is 0 Å². The lowest BCUT2D eigenvalue weighted by molar-refractivity contribution is 0.171. The highest BCUT2D eigenvalue weighted by molar-refractivity contribution is 5.51. The number of benzene rings is 1. The van der Waals surface area contributed by atoms with Gasteiger partial charge in [0, 0.05) is 6.42 Å². The summed E-state index contributed by atoms with van der Waals surface area (Å²) in [5.41, 5.74) is 0.955. The first-order valence-electron chi connectivity index (χ1n) is 4.50. The third-order valence-electron chi connectivity index (χ3n) is 2.00. The standard InChI is InChI=1S/C11H12FO2/c12-10-4-1-9(2-5-10)3-6-11(14)7-8-13/h1-2,4-5,11,14H,3,6-7H2. The van der Waals surface area contributed by atoms with Gasteiger partial charge in [0.2, 0.25) is 6.29 Å². The van der Waals surface area contributed by atoms with Crippen molar-refractivity contribution < 1.29 is 14.3 Å². The third-order valence-corrected chi connectivity index (χ3v) is 2.00. The Morgan fingerprint density at radius 2 is 2.00 bits per heavy atom. The molecule has 0 aromatic heterocycles. The molecule has 1 unspecified atom stereocenters. The Labute approximate surface area is 82.4 Å². The third kappa shape index (κ3) is 3.66. The molecule has 1 aromatic rings. The van der Waals surface area contributed by atoms with Gasteiger partial charge in [0.15, 0.2) is 0 Å². The molecule has 0 heterocycles. The van der Waals surface area contributed by atoms with Gasteiger partial charge in [0.05, 0.1) is 6.10 Å². The first-order chi connectivity index (χ1) is 6.72. The van der Waals surface area contributed by atoms with Crippen LogP contribution in [0.25, 0.3) is 0 Å². The average molecular weight is 195 g/mol. The highest BCUT2D eigenvalue weighted by atomic mass is 19.1. The number of halogens is 1. The molecule has 0 bridgehead atoms. The van der Waals surface area contributed by atoms with Gasteiger partial charge in [-0.2, -0.15) is 0 Å². The summed E-state index contributed by atoms with van der Waals surface area (Å²) in [6.07, 6.45) is 2.20. The molecule has 14 heavy (non-hydrogen) atoms. The molecule has 1 N–H and O–H groups in total. The van der Waals surface area contributed by atoms with E-state index in [1.165, 1.54) is 12.1 Å². The SMILES string of the molecule is O=[C]CC(O)CCc1ccc(F)cc1. The van der Waals surface area contributed by atoms with E-state index in [9.17, 15) is 14.3 Å². The largest absolute Gasteiger partial charge is 0.393 e. The molecule has 0 amide bonds. The van der Waals surface area contributed by atoms with Crippen LogP contribution in [0.5, 0.6) is 0 Å². The summed E-state index contributed by atoms with van der Waals surface area (Å²) in [5.74, 6) is -0.268. The van der Waals surface area contributed by atoms with E-state index in [4.69, 9.17) is 0 Å². The topological polar surface area (TPSA) is 37.3 Å². The highest BCUT2D eigenvalue weighted by Gasteiger charge is 2.03. The van der Waals surface area contributed by atoms with Crippen molar-refractivity contribution in [1.29, 1.82) is 0 Å². The summed E-state index contributed by atoms with van der Waals surface area (Å²) in [7, 11) is 0. The van der Waals surface area contributed by atoms with Crippen LogP contribution in [0.1, 0.15) is 18.4 Å². The summed E-state index contributed by atoms with van der Waals surface area (Å²) >= 11 is 0. The highest BCUT2D eigenvalue weighted by Crippen LogP contribution is 2.07. The number of aliphatic hydroxyl groups excluding tert-OH is 1. The molecule has 0 spiro atoms. The summed E-state index contributed by atoms with van der Waals surface area (Å²) < 4.78 is 12.5. The van der Waals surface area contributed by atoms with Gasteiger partial charge in [-0.25, -0.2) is 4.39 Å². The Balaban J connectivity index is 2.37. The predicted molar refractivity (Wildman–Crippen MR) is 51.0 cm³/mol. The normalized spacial score (nSPS) is 12.4. The first-order valence-corrected chi connectivity index (χ1v) is 4.50. The minimum Gasteiger partial charge on any atom is -0.393 e. The van der Waals surface area contributed by atoms with Crippen molar-refractivity contribution in [2.75, 3.05) is 0 Å². The molecular formula is C11H12FO2. The van der Waals surface area contributed by atoms with Crippen LogP contribution in [0.2, 0.25) is 0 Å². The molecule has 0 saturated carbocycles. The number of hydrogen-bond acceptors (Lipinski definition) is 2. The van der Waals surface area contributed by atoms with E-state index >= 15 is 0 Å². The van der Waals surface area contributed by atoms with E-state index in [1.807, 2.05) is 0 Å². The van der Waals surface area contributed by atoms with Crippen LogP contribution in [-0.4, -0.2) is 17.5 Å². The lowest BCUT2D eigenvalue weighted by Gasteiger charge is -2.05. The van der Waals surface area contributed by atoms with E-state index in [0.29, 0.717) is 12.8 Å². The first kappa shape index (κ1) is 10.9. The van der Waals surface area contributed by atoms with Gasteiger partial charge in [0.1, 0.15) is 5.82 Å². The molecule has 1 radical (unpaired) electrons.